The summed E-state index contributed by atoms with van der Waals surface area (Å²) >= 11 is 0. The Morgan fingerprint density at radius 1 is 1.15 bits per heavy atom. The van der Waals surface area contributed by atoms with Gasteiger partial charge >= 0.3 is 0 Å². The zero-order chi connectivity index (χ0) is 23.3. The highest BCUT2D eigenvalue weighted by Crippen LogP contribution is 2.30. The molecule has 9 nitrogen and oxygen atoms in total. The van der Waals surface area contributed by atoms with Crippen LogP contribution in [0.5, 0.6) is 5.75 Å². The number of hydrogen-bond acceptors (Lipinski definition) is 7. The van der Waals surface area contributed by atoms with Crippen LogP contribution in [0.4, 0.5) is 11.5 Å². The first-order chi connectivity index (χ1) is 16.7. The lowest BCUT2D eigenvalue weighted by atomic mass is 10.1. The molecule has 5 aromatic rings. The number of nitrogens with one attached hydrogen (secondary N) is 3. The van der Waals surface area contributed by atoms with Gasteiger partial charge in [-0.25, -0.2) is 9.97 Å². The first kappa shape index (κ1) is 21.2. The SMILES string of the molecule is CCOc1ccc2nc(-c3cccc(CNC(=O)c4ccoc4)c3)nc(Nc3cn[nH]c3)c2c1. The molecule has 0 saturated heterocycles. The quantitative estimate of drug-likeness (QED) is 0.311. The zero-order valence-corrected chi connectivity index (χ0v) is 18.4. The number of ether oxygens (including phenoxy) is 1. The van der Waals surface area contributed by atoms with E-state index in [-0.39, 0.29) is 5.91 Å². The van der Waals surface area contributed by atoms with Gasteiger partial charge in [0.2, 0.25) is 0 Å². The van der Waals surface area contributed by atoms with E-state index in [0.717, 1.165) is 33.5 Å². The number of aromatic nitrogens is 4. The van der Waals surface area contributed by atoms with Crippen molar-refractivity contribution in [2.45, 2.75) is 13.5 Å². The Labute approximate surface area is 195 Å². The number of aromatic amines is 1. The lowest BCUT2D eigenvalue weighted by Gasteiger charge is -2.12. The van der Waals surface area contributed by atoms with Gasteiger partial charge in [-0.3, -0.25) is 9.89 Å². The van der Waals surface area contributed by atoms with E-state index in [1.807, 2.05) is 49.4 Å². The van der Waals surface area contributed by atoms with E-state index in [4.69, 9.17) is 19.1 Å². The number of nitrogens with zero attached hydrogens (tertiary/aromatic N) is 3. The predicted molar refractivity (Wildman–Crippen MR) is 128 cm³/mol. The van der Waals surface area contributed by atoms with Gasteiger partial charge in [0.15, 0.2) is 5.82 Å². The highest BCUT2D eigenvalue weighted by Gasteiger charge is 2.13. The average Bonchev–Trinajstić information content (AvgIpc) is 3.58. The third-order valence-electron chi connectivity index (χ3n) is 5.16. The van der Waals surface area contributed by atoms with E-state index < -0.39 is 0 Å². The van der Waals surface area contributed by atoms with Crippen LogP contribution in [0.25, 0.3) is 22.3 Å². The Bertz CT molecular complexity index is 1410. The first-order valence-electron chi connectivity index (χ1n) is 10.8. The van der Waals surface area contributed by atoms with Gasteiger partial charge in [-0.1, -0.05) is 18.2 Å². The van der Waals surface area contributed by atoms with E-state index >= 15 is 0 Å². The zero-order valence-electron chi connectivity index (χ0n) is 18.4. The van der Waals surface area contributed by atoms with Crippen molar-refractivity contribution in [2.75, 3.05) is 11.9 Å². The second-order valence-corrected chi connectivity index (χ2v) is 7.51. The third-order valence-corrected chi connectivity index (χ3v) is 5.16. The summed E-state index contributed by atoms with van der Waals surface area (Å²) in [6, 6.07) is 15.1. The molecule has 34 heavy (non-hydrogen) atoms. The maximum atomic E-state index is 12.2. The number of amides is 1. The molecule has 0 saturated carbocycles. The van der Waals surface area contributed by atoms with Gasteiger partial charge in [-0.2, -0.15) is 5.10 Å². The van der Waals surface area contributed by atoms with Gasteiger partial charge in [0, 0.05) is 23.7 Å². The second kappa shape index (κ2) is 9.45. The Balaban J connectivity index is 1.47. The summed E-state index contributed by atoms with van der Waals surface area (Å²) in [6.07, 6.45) is 6.33. The van der Waals surface area contributed by atoms with E-state index in [2.05, 4.69) is 20.8 Å². The molecule has 0 aliphatic heterocycles. The molecule has 0 fully saturated rings. The molecule has 9 heteroatoms. The second-order valence-electron chi connectivity index (χ2n) is 7.51. The fourth-order valence-corrected chi connectivity index (χ4v) is 3.54. The van der Waals surface area contributed by atoms with Crippen molar-refractivity contribution >= 4 is 28.3 Å². The standard InChI is InChI=1S/C25H22N6O3/c1-2-34-20-6-7-22-21(11-20)24(29-19-13-27-28-14-19)31-23(30-22)17-5-3-4-16(10-17)12-26-25(32)18-8-9-33-15-18/h3-11,13-15H,2,12H2,1H3,(H,26,32)(H,27,28)(H,29,30,31). The molecule has 3 N–H and O–H groups in total. The monoisotopic (exact) mass is 454 g/mol. The number of carbonyl (C=O) groups excluding carboxylic acids is 1. The summed E-state index contributed by atoms with van der Waals surface area (Å²) in [4.78, 5) is 21.8. The molecule has 2 aromatic carbocycles. The Hall–Kier alpha value is -4.66. The number of rotatable bonds is 8. The molecule has 1 amide bonds. The van der Waals surface area contributed by atoms with Crippen molar-refractivity contribution in [3.05, 3.63) is 84.6 Å². The fourth-order valence-electron chi connectivity index (χ4n) is 3.54. The summed E-state index contributed by atoms with van der Waals surface area (Å²) in [5, 5.41) is 13.8. The molecule has 0 radical (unpaired) electrons. The predicted octanol–water partition coefficient (Wildman–Crippen LogP) is 4.69. The van der Waals surface area contributed by atoms with Crippen LogP contribution in [0.1, 0.15) is 22.8 Å². The first-order valence-corrected chi connectivity index (χ1v) is 10.8. The van der Waals surface area contributed by atoms with Gasteiger partial charge in [-0.05, 0) is 42.8 Å². The van der Waals surface area contributed by atoms with Gasteiger partial charge in [-0.15, -0.1) is 0 Å². The van der Waals surface area contributed by atoms with Gasteiger partial charge in [0.25, 0.3) is 5.91 Å². The minimum absolute atomic E-state index is 0.196. The van der Waals surface area contributed by atoms with Gasteiger partial charge in [0.1, 0.15) is 17.8 Å². The smallest absolute Gasteiger partial charge is 0.254 e. The van der Waals surface area contributed by atoms with E-state index in [1.54, 1.807) is 18.5 Å². The Morgan fingerprint density at radius 3 is 2.88 bits per heavy atom. The molecule has 3 heterocycles. The minimum Gasteiger partial charge on any atom is -0.494 e. The molecular formula is C25H22N6O3. The highest BCUT2D eigenvalue weighted by molar-refractivity contribution is 5.94. The van der Waals surface area contributed by atoms with Crippen LogP contribution in [0.2, 0.25) is 0 Å². The molecule has 170 valence electrons. The lowest BCUT2D eigenvalue weighted by Crippen LogP contribution is -2.22. The van der Waals surface area contributed by atoms with Crippen molar-refractivity contribution in [1.29, 1.82) is 0 Å². The summed E-state index contributed by atoms with van der Waals surface area (Å²) < 4.78 is 10.6. The molecule has 0 unspecified atom stereocenters. The number of carbonyl (C=O) groups is 1. The minimum atomic E-state index is -0.196. The van der Waals surface area contributed by atoms with Crippen LogP contribution in [0, 0.1) is 0 Å². The summed E-state index contributed by atoms with van der Waals surface area (Å²) in [6.45, 7) is 2.88. The van der Waals surface area contributed by atoms with Crippen LogP contribution < -0.4 is 15.4 Å². The topological polar surface area (TPSA) is 118 Å². The fraction of sp³-hybridized carbons (Fsp3) is 0.120. The maximum absolute atomic E-state index is 12.2. The molecule has 0 aliphatic rings. The lowest BCUT2D eigenvalue weighted by molar-refractivity contribution is 0.0950. The molecule has 0 atom stereocenters. The Morgan fingerprint density at radius 2 is 2.09 bits per heavy atom. The van der Waals surface area contributed by atoms with Gasteiger partial charge in [0.05, 0.1) is 35.8 Å². The van der Waals surface area contributed by atoms with Crippen LogP contribution >= 0.6 is 0 Å². The summed E-state index contributed by atoms with van der Waals surface area (Å²) in [7, 11) is 0. The molecule has 0 spiro atoms. The largest absolute Gasteiger partial charge is 0.494 e. The molecule has 3 aromatic heterocycles. The van der Waals surface area contributed by atoms with Crippen LogP contribution in [-0.2, 0) is 6.54 Å². The van der Waals surface area contributed by atoms with E-state index in [9.17, 15) is 4.79 Å². The number of furan rings is 1. The number of hydrogen-bond donors (Lipinski definition) is 3. The van der Waals surface area contributed by atoms with Crippen LogP contribution in [-0.4, -0.2) is 32.7 Å². The maximum Gasteiger partial charge on any atom is 0.254 e. The average molecular weight is 454 g/mol. The number of benzene rings is 2. The van der Waals surface area contributed by atoms with Crippen LogP contribution in [0.3, 0.4) is 0 Å². The molecule has 0 aliphatic carbocycles. The number of H-pyrrole nitrogens is 1. The van der Waals surface area contributed by atoms with Crippen molar-refractivity contribution in [2.24, 2.45) is 0 Å². The van der Waals surface area contributed by atoms with Crippen molar-refractivity contribution in [3.8, 4) is 17.1 Å². The van der Waals surface area contributed by atoms with Crippen molar-refractivity contribution in [3.63, 3.8) is 0 Å². The summed E-state index contributed by atoms with van der Waals surface area (Å²) in [5.41, 5.74) is 3.80. The Kier molecular flexibility index (Phi) is 5.89. The van der Waals surface area contributed by atoms with Crippen LogP contribution in [0.15, 0.2) is 77.9 Å². The number of fused-ring (bicyclic) bond motifs is 1. The van der Waals surface area contributed by atoms with E-state index in [1.165, 1.54) is 12.5 Å². The molecular weight excluding hydrogens is 432 g/mol. The summed E-state index contributed by atoms with van der Waals surface area (Å²) in [5.74, 6) is 1.75. The number of anilines is 2. The molecule has 0 bridgehead atoms. The third kappa shape index (κ3) is 4.58. The normalized spacial score (nSPS) is 10.9. The van der Waals surface area contributed by atoms with Crippen molar-refractivity contribution < 1.29 is 13.9 Å². The highest BCUT2D eigenvalue weighted by atomic mass is 16.5. The molecule has 5 rings (SSSR count). The van der Waals surface area contributed by atoms with Gasteiger partial charge < -0.3 is 19.8 Å². The van der Waals surface area contributed by atoms with Crippen molar-refractivity contribution in [1.82, 2.24) is 25.5 Å². The van der Waals surface area contributed by atoms with E-state index in [0.29, 0.717) is 30.4 Å².